The normalized spacial score (nSPS) is 11.0. The molecule has 0 amide bonds. The molecule has 0 atom stereocenters. The Morgan fingerprint density at radius 3 is 1.08 bits per heavy atom. The van der Waals surface area contributed by atoms with Crippen LogP contribution in [0.3, 0.4) is 0 Å². The first-order valence-electron chi connectivity index (χ1n) is 29.3. The minimum absolute atomic E-state index is 0. The molecule has 0 radical (unpaired) electrons. The van der Waals surface area contributed by atoms with Crippen LogP contribution in [0.5, 0.6) is 0 Å². The lowest BCUT2D eigenvalue weighted by atomic mass is 10.0. The summed E-state index contributed by atoms with van der Waals surface area (Å²) in [5.41, 5.74) is 18.4. The van der Waals surface area contributed by atoms with Gasteiger partial charge in [-0.05, 0) is 114 Å². The van der Waals surface area contributed by atoms with Crippen LogP contribution in [-0.2, 0) is 19.3 Å². The number of carboxylic acid groups (broad SMARTS) is 1. The number of unbranched alkanes of at least 4 members (excludes halogenated alkanes) is 27. The Bertz CT molecular complexity index is 2460. The molecule has 0 bridgehead atoms. The van der Waals surface area contributed by atoms with Gasteiger partial charge in [0.1, 0.15) is 14.9 Å². The van der Waals surface area contributed by atoms with Crippen molar-refractivity contribution < 1.29 is 9.90 Å². The van der Waals surface area contributed by atoms with E-state index < -0.39 is 5.97 Å². The number of carboxylic acids is 1. The molecule has 7 rings (SSSR count). The van der Waals surface area contributed by atoms with Crippen LogP contribution in [0.25, 0.3) is 40.2 Å². The fourth-order valence-corrected chi connectivity index (χ4v) is 15.0. The Morgan fingerprint density at radius 2 is 0.744 bits per heavy atom. The van der Waals surface area contributed by atoms with Gasteiger partial charge in [-0.25, -0.2) is 14.8 Å². The van der Waals surface area contributed by atoms with Crippen molar-refractivity contribution in [2.24, 2.45) is 0 Å². The Hall–Kier alpha value is -2.33. The molecule has 0 aliphatic heterocycles. The zero-order valence-corrected chi connectivity index (χ0v) is 54.8. The number of nitrogens with two attached hydrogens (primary N) is 2. The van der Waals surface area contributed by atoms with Crippen LogP contribution < -0.4 is 11.5 Å². The summed E-state index contributed by atoms with van der Waals surface area (Å²) in [5, 5.41) is 17.8. The maximum atomic E-state index is 11.0. The summed E-state index contributed by atoms with van der Waals surface area (Å²) in [6, 6.07) is 14.6. The predicted octanol–water partition coefficient (Wildman–Crippen LogP) is 23.5. The zero-order valence-electron chi connectivity index (χ0n) is 47.3. The molecule has 5 aromatic heterocycles. The van der Waals surface area contributed by atoms with E-state index in [0.29, 0.717) is 26.0 Å². The van der Waals surface area contributed by atoms with Crippen molar-refractivity contribution in [1.82, 2.24) is 9.97 Å². The second kappa shape index (κ2) is 41.6. The quantitative estimate of drug-likeness (QED) is 0.0152. The third-order valence-electron chi connectivity index (χ3n) is 14.3. The minimum atomic E-state index is -0.776. The second-order valence-electron chi connectivity index (χ2n) is 20.7. The number of aryl methyl sites for hydroxylation is 3. The van der Waals surface area contributed by atoms with Gasteiger partial charge in [-0.3, -0.25) is 0 Å². The van der Waals surface area contributed by atoms with Crippen molar-refractivity contribution in [2.45, 2.75) is 242 Å². The van der Waals surface area contributed by atoms with Crippen LogP contribution in [0.15, 0.2) is 68.4 Å². The van der Waals surface area contributed by atoms with Gasteiger partial charge in [0.2, 0.25) is 0 Å². The molecule has 7 aromatic rings. The van der Waals surface area contributed by atoms with Crippen LogP contribution in [-0.4, -0.2) is 21.0 Å². The highest BCUT2D eigenvalue weighted by Crippen LogP contribution is 2.41. The van der Waals surface area contributed by atoms with Crippen molar-refractivity contribution >= 4 is 145 Å². The van der Waals surface area contributed by atoms with E-state index in [4.69, 9.17) is 26.5 Å². The van der Waals surface area contributed by atoms with Gasteiger partial charge >= 0.3 is 5.97 Å². The Balaban J connectivity index is 0.000000411. The highest BCUT2D eigenvalue weighted by molar-refractivity contribution is 7.81. The Labute approximate surface area is 513 Å². The molecular formula is C63H94Cl2N4O2S7. The molecule has 0 fully saturated rings. The standard InChI is InChI=1S/C40H56N2S4.C17H28O2S.C6H8N2S2.2ClH/c1-3-5-7-9-11-13-15-17-19-21-23-31-25-27-43-37(31)39-41-33-29-36-34(30-35(33)45-39)42-40(46-36)38-32(26-28-44-38)24-22-20-18-16-14-12-10-8-6-4-2;1-2-3-4-5-6-7-8-9-10-11-12-15-13-14-20-16(15)17(18)19;7-3-1-5(9)4(8)2-6(3)10;;/h25-30H,3-24H2,1-2H3;13-14H,2-12H2,1H3,(H,18,19);1-2,9-10H,7-8H2;2*1H. The molecule has 2 aromatic carbocycles. The van der Waals surface area contributed by atoms with Crippen molar-refractivity contribution in [1.29, 1.82) is 0 Å². The van der Waals surface area contributed by atoms with Gasteiger partial charge in [0, 0.05) is 21.2 Å². The highest BCUT2D eigenvalue weighted by atomic mass is 35.5. The van der Waals surface area contributed by atoms with Crippen molar-refractivity contribution in [3.8, 4) is 19.8 Å². The molecule has 0 saturated carbocycles. The number of aromatic nitrogens is 2. The molecule has 6 nitrogen and oxygen atoms in total. The first-order valence-corrected chi connectivity index (χ1v) is 34.5. The van der Waals surface area contributed by atoms with E-state index in [0.717, 1.165) is 29.4 Å². The number of hydrogen-bond donors (Lipinski definition) is 5. The highest BCUT2D eigenvalue weighted by Gasteiger charge is 2.17. The average molecular weight is 1230 g/mol. The van der Waals surface area contributed by atoms with E-state index in [-0.39, 0.29) is 24.8 Å². The summed E-state index contributed by atoms with van der Waals surface area (Å²) >= 11 is 16.9. The Morgan fingerprint density at radius 1 is 0.449 bits per heavy atom. The number of thiophene rings is 3. The molecular weight excluding hydrogens is 1140 g/mol. The lowest BCUT2D eigenvalue weighted by molar-refractivity contribution is 0.0701. The maximum absolute atomic E-state index is 11.0. The van der Waals surface area contributed by atoms with Crippen LogP contribution in [0.1, 0.15) is 240 Å². The van der Waals surface area contributed by atoms with Gasteiger partial charge in [0.15, 0.2) is 0 Å². The smallest absolute Gasteiger partial charge is 0.346 e. The molecule has 78 heavy (non-hydrogen) atoms. The van der Waals surface area contributed by atoms with Gasteiger partial charge in [0.25, 0.3) is 0 Å². The third kappa shape index (κ3) is 25.4. The third-order valence-corrected chi connectivity index (χ3v) is 20.3. The number of nitrogen functional groups attached to an aromatic ring is 2. The van der Waals surface area contributed by atoms with E-state index in [9.17, 15) is 4.79 Å². The first kappa shape index (κ1) is 69.9. The monoisotopic (exact) mass is 1230 g/mol. The van der Waals surface area contributed by atoms with Gasteiger partial charge in [-0.15, -0.1) is 107 Å². The van der Waals surface area contributed by atoms with Crippen molar-refractivity contribution in [2.75, 3.05) is 11.5 Å². The number of fused-ring (bicyclic) bond motifs is 2. The number of hydrogen-bond acceptors (Lipinski definition) is 12. The minimum Gasteiger partial charge on any atom is -0.477 e. The molecule has 0 unspecified atom stereocenters. The number of carbonyl (C=O) groups is 1. The molecule has 0 spiro atoms. The lowest BCUT2D eigenvalue weighted by Crippen LogP contribution is -1.97. The van der Waals surface area contributed by atoms with Gasteiger partial charge in [-0.1, -0.05) is 194 Å². The molecule has 5 N–H and O–H groups in total. The summed E-state index contributed by atoms with van der Waals surface area (Å²) in [4.78, 5) is 26.0. The number of benzene rings is 2. The SMILES string of the molecule is CCCCCCCCCCCCc1ccsc1-c1nc2cc3sc(-c4sccc4CCCCCCCCCCCC)nc3cc2s1.CCCCCCCCCCCCc1ccsc1C(=O)O.Cl.Cl.Nc1cc(S)c(N)cc1S. The van der Waals surface area contributed by atoms with E-state index in [1.807, 2.05) is 56.8 Å². The summed E-state index contributed by atoms with van der Waals surface area (Å²) in [6.45, 7) is 6.85. The molecule has 0 saturated heterocycles. The van der Waals surface area contributed by atoms with E-state index in [1.165, 1.54) is 251 Å². The van der Waals surface area contributed by atoms with Crippen LogP contribution >= 0.6 is 107 Å². The van der Waals surface area contributed by atoms with E-state index >= 15 is 0 Å². The van der Waals surface area contributed by atoms with Gasteiger partial charge in [-0.2, -0.15) is 0 Å². The maximum Gasteiger partial charge on any atom is 0.346 e. The van der Waals surface area contributed by atoms with E-state index in [1.54, 1.807) is 12.1 Å². The fourth-order valence-electron chi connectivity index (χ4n) is 9.72. The predicted molar refractivity (Wildman–Crippen MR) is 362 cm³/mol. The number of nitrogens with zero attached hydrogens (tertiary/aromatic N) is 2. The number of thiol groups is 2. The molecule has 0 aliphatic rings. The summed E-state index contributed by atoms with van der Waals surface area (Å²) in [7, 11) is 0. The van der Waals surface area contributed by atoms with Crippen molar-refractivity contribution in [3.05, 3.63) is 80.2 Å². The molecule has 5 heterocycles. The second-order valence-corrected chi connectivity index (χ2v) is 26.5. The van der Waals surface area contributed by atoms with Gasteiger partial charge < -0.3 is 16.6 Å². The largest absolute Gasteiger partial charge is 0.477 e. The van der Waals surface area contributed by atoms with E-state index in [2.05, 4.69) is 81.1 Å². The molecule has 434 valence electrons. The zero-order chi connectivity index (χ0) is 54.2. The van der Waals surface area contributed by atoms with Crippen LogP contribution in [0.2, 0.25) is 0 Å². The topological polar surface area (TPSA) is 115 Å². The first-order chi connectivity index (χ1) is 37.1. The number of anilines is 2. The lowest BCUT2D eigenvalue weighted by Gasteiger charge is -2.03. The number of thiazole rings is 2. The van der Waals surface area contributed by atoms with Crippen molar-refractivity contribution in [3.63, 3.8) is 0 Å². The summed E-state index contributed by atoms with van der Waals surface area (Å²) in [5.74, 6) is -0.776. The molecule has 15 heteroatoms. The summed E-state index contributed by atoms with van der Waals surface area (Å²) < 4.78 is 2.52. The van der Waals surface area contributed by atoms with Gasteiger partial charge in [0.05, 0.1) is 30.2 Å². The molecule has 0 aliphatic carbocycles. The fraction of sp³-hybridized carbons (Fsp3) is 0.571. The Kier molecular flexibility index (Phi) is 37.3. The number of halogens is 2. The van der Waals surface area contributed by atoms with Crippen LogP contribution in [0.4, 0.5) is 11.4 Å². The number of aromatic carboxylic acids is 1. The van der Waals surface area contributed by atoms with Crippen LogP contribution in [0, 0.1) is 0 Å². The average Bonchev–Trinajstić information content (AvgIpc) is 4.32. The summed E-state index contributed by atoms with van der Waals surface area (Å²) in [6.07, 6.45) is 44.2. The number of rotatable bonds is 36.